The third-order valence-corrected chi connectivity index (χ3v) is 4.27. The minimum Gasteiger partial charge on any atom is -0.449 e. The Kier molecular flexibility index (Phi) is 10.7. The van der Waals surface area contributed by atoms with Crippen LogP contribution in [0.15, 0.2) is 0 Å². The highest BCUT2D eigenvalue weighted by atomic mass is 31.2. The van der Waals surface area contributed by atoms with Crippen molar-refractivity contribution in [1.29, 1.82) is 0 Å². The molecule has 0 radical (unpaired) electrons. The number of nitrogens with zero attached hydrogens (tertiary/aromatic N) is 1. The summed E-state index contributed by atoms with van der Waals surface area (Å²) in [6.07, 6.45) is -0.723. The Morgan fingerprint density at radius 1 is 1.10 bits per heavy atom. The van der Waals surface area contributed by atoms with Gasteiger partial charge in [-0.3, -0.25) is 4.57 Å². The van der Waals surface area contributed by atoms with Gasteiger partial charge in [0.05, 0.1) is 32.6 Å². The van der Waals surface area contributed by atoms with Gasteiger partial charge in [-0.05, 0) is 13.8 Å². The molecule has 0 aromatic heterocycles. The van der Waals surface area contributed by atoms with Gasteiger partial charge in [0.1, 0.15) is 6.61 Å². The van der Waals surface area contributed by atoms with E-state index in [0.29, 0.717) is 0 Å². The minimum absolute atomic E-state index is 0.0352. The molecule has 0 rings (SSSR count). The minimum atomic E-state index is -3.23. The van der Waals surface area contributed by atoms with Crippen molar-refractivity contribution in [3.63, 3.8) is 0 Å². The molecule has 0 aliphatic carbocycles. The van der Waals surface area contributed by atoms with E-state index in [9.17, 15) is 9.36 Å². The van der Waals surface area contributed by atoms with Gasteiger partial charge < -0.3 is 28.9 Å². The van der Waals surface area contributed by atoms with E-state index in [2.05, 4.69) is 0 Å². The second-order valence-corrected chi connectivity index (χ2v) is 5.90. The van der Waals surface area contributed by atoms with Crippen LogP contribution in [0.1, 0.15) is 13.8 Å². The average molecular weight is 313 g/mol. The number of aliphatic hydroxyl groups is 2. The highest BCUT2D eigenvalue weighted by Crippen LogP contribution is 2.47. The summed E-state index contributed by atoms with van der Waals surface area (Å²) in [5.41, 5.74) is 0. The third-order valence-electron chi connectivity index (χ3n) is 2.24. The van der Waals surface area contributed by atoms with E-state index in [1.165, 1.54) is 0 Å². The van der Waals surface area contributed by atoms with E-state index in [1.807, 2.05) is 0 Å². The monoisotopic (exact) mass is 313 g/mol. The highest BCUT2D eigenvalue weighted by molar-refractivity contribution is 7.53. The number of ether oxygens (including phenoxy) is 1. The molecule has 0 saturated heterocycles. The van der Waals surface area contributed by atoms with Crippen LogP contribution in [0.4, 0.5) is 4.79 Å². The zero-order valence-corrected chi connectivity index (χ0v) is 12.9. The summed E-state index contributed by atoms with van der Waals surface area (Å²) >= 11 is 0. The van der Waals surface area contributed by atoms with Gasteiger partial charge in [0.15, 0.2) is 0 Å². The summed E-state index contributed by atoms with van der Waals surface area (Å²) in [6, 6.07) is 0. The standard InChI is InChI=1S/C11H24NO7P/c1-3-18-20(16,19-4-2)10-9-17-11(15)12(5-7-13)6-8-14/h13-14H,3-10H2,1-2H3. The number of carbonyl (C=O) groups is 1. The maximum absolute atomic E-state index is 12.1. The molecule has 0 fully saturated rings. The normalized spacial score (nSPS) is 11.4. The first-order valence-electron chi connectivity index (χ1n) is 6.54. The largest absolute Gasteiger partial charge is 0.449 e. The molecule has 0 aromatic carbocycles. The lowest BCUT2D eigenvalue weighted by Crippen LogP contribution is -2.36. The van der Waals surface area contributed by atoms with Crippen LogP contribution in [0.3, 0.4) is 0 Å². The lowest BCUT2D eigenvalue weighted by atomic mass is 10.5. The third kappa shape index (κ3) is 7.81. The molecular formula is C11H24NO7P. The van der Waals surface area contributed by atoms with E-state index < -0.39 is 13.7 Å². The Hall–Kier alpha value is -0.660. The van der Waals surface area contributed by atoms with Crippen molar-refractivity contribution in [3.8, 4) is 0 Å². The second kappa shape index (κ2) is 11.0. The van der Waals surface area contributed by atoms with Crippen molar-refractivity contribution in [2.45, 2.75) is 13.8 Å². The summed E-state index contributed by atoms with van der Waals surface area (Å²) in [4.78, 5) is 12.8. The zero-order valence-electron chi connectivity index (χ0n) is 12.0. The van der Waals surface area contributed by atoms with Gasteiger partial charge in [0, 0.05) is 13.1 Å². The number of carbonyl (C=O) groups excluding carboxylic acids is 1. The molecule has 120 valence electrons. The Labute approximate surface area is 119 Å². The van der Waals surface area contributed by atoms with E-state index in [0.717, 1.165) is 4.90 Å². The topological polar surface area (TPSA) is 106 Å². The fourth-order valence-electron chi connectivity index (χ4n) is 1.43. The Balaban J connectivity index is 4.24. The van der Waals surface area contributed by atoms with Crippen molar-refractivity contribution in [3.05, 3.63) is 0 Å². The molecule has 0 heterocycles. The summed E-state index contributed by atoms with van der Waals surface area (Å²) in [5.74, 6) is 0. The first-order valence-corrected chi connectivity index (χ1v) is 8.27. The SMILES string of the molecule is CCOP(=O)(CCOC(=O)N(CCO)CCO)OCC. The highest BCUT2D eigenvalue weighted by Gasteiger charge is 2.24. The summed E-state index contributed by atoms with van der Waals surface area (Å²) < 4.78 is 27.1. The summed E-state index contributed by atoms with van der Waals surface area (Å²) in [5, 5.41) is 17.6. The molecule has 0 atom stereocenters. The van der Waals surface area contributed by atoms with Crippen molar-refractivity contribution in [2.24, 2.45) is 0 Å². The number of rotatable bonds is 11. The molecule has 0 aromatic rings. The molecule has 0 bridgehead atoms. The smallest absolute Gasteiger partial charge is 0.409 e. The Morgan fingerprint density at radius 3 is 2.00 bits per heavy atom. The predicted molar refractivity (Wildman–Crippen MR) is 72.8 cm³/mol. The van der Waals surface area contributed by atoms with Crippen molar-refractivity contribution < 1.29 is 33.4 Å². The Morgan fingerprint density at radius 2 is 1.60 bits per heavy atom. The lowest BCUT2D eigenvalue weighted by Gasteiger charge is -2.21. The predicted octanol–water partition coefficient (Wildman–Crippen LogP) is 0.676. The van der Waals surface area contributed by atoms with Crippen LogP contribution in [-0.2, 0) is 18.3 Å². The van der Waals surface area contributed by atoms with Crippen LogP contribution in [0.2, 0.25) is 0 Å². The van der Waals surface area contributed by atoms with Gasteiger partial charge in [0.25, 0.3) is 0 Å². The molecule has 9 heteroatoms. The van der Waals surface area contributed by atoms with Crippen LogP contribution < -0.4 is 0 Å². The number of hydrogen-bond donors (Lipinski definition) is 2. The molecule has 0 aliphatic rings. The van der Waals surface area contributed by atoms with Crippen molar-refractivity contribution >= 4 is 13.7 Å². The first-order chi connectivity index (χ1) is 9.52. The molecule has 20 heavy (non-hydrogen) atoms. The van der Waals surface area contributed by atoms with E-state index in [1.54, 1.807) is 13.8 Å². The van der Waals surface area contributed by atoms with Gasteiger partial charge in [-0.2, -0.15) is 0 Å². The zero-order chi connectivity index (χ0) is 15.4. The summed E-state index contributed by atoms with van der Waals surface area (Å²) in [6.45, 7) is 3.42. The maximum Gasteiger partial charge on any atom is 0.409 e. The van der Waals surface area contributed by atoms with Crippen LogP contribution >= 0.6 is 7.60 Å². The number of amides is 1. The average Bonchev–Trinajstić information content (AvgIpc) is 2.38. The van der Waals surface area contributed by atoms with Crippen LogP contribution in [0.5, 0.6) is 0 Å². The second-order valence-electron chi connectivity index (χ2n) is 3.72. The first kappa shape index (κ1) is 19.3. The van der Waals surface area contributed by atoms with E-state index >= 15 is 0 Å². The Bertz CT molecular complexity index is 297. The van der Waals surface area contributed by atoms with Gasteiger partial charge in [-0.1, -0.05) is 0 Å². The van der Waals surface area contributed by atoms with Crippen LogP contribution in [-0.4, -0.2) is 73.5 Å². The molecule has 1 amide bonds. The molecule has 0 unspecified atom stereocenters. The van der Waals surface area contributed by atoms with Crippen LogP contribution in [0.25, 0.3) is 0 Å². The molecule has 0 aliphatic heterocycles. The maximum atomic E-state index is 12.1. The fraction of sp³-hybridized carbons (Fsp3) is 0.909. The molecule has 8 nitrogen and oxygen atoms in total. The van der Waals surface area contributed by atoms with Crippen molar-refractivity contribution in [1.82, 2.24) is 4.90 Å². The van der Waals surface area contributed by atoms with E-state index in [4.69, 9.17) is 24.0 Å². The summed E-state index contributed by atoms with van der Waals surface area (Å²) in [7, 11) is -3.23. The number of hydrogen-bond acceptors (Lipinski definition) is 7. The van der Waals surface area contributed by atoms with Gasteiger partial charge in [-0.15, -0.1) is 0 Å². The van der Waals surface area contributed by atoms with Gasteiger partial charge in [0.2, 0.25) is 0 Å². The van der Waals surface area contributed by atoms with Gasteiger partial charge in [-0.25, -0.2) is 4.79 Å². The lowest BCUT2D eigenvalue weighted by molar-refractivity contribution is 0.0886. The molecular weight excluding hydrogens is 289 g/mol. The molecule has 0 saturated carbocycles. The molecule has 2 N–H and O–H groups in total. The quantitative estimate of drug-likeness (QED) is 0.540. The number of aliphatic hydroxyl groups excluding tert-OH is 2. The fourth-order valence-corrected chi connectivity index (χ4v) is 2.87. The van der Waals surface area contributed by atoms with E-state index in [-0.39, 0.29) is 52.3 Å². The van der Waals surface area contributed by atoms with Crippen LogP contribution in [0, 0.1) is 0 Å². The van der Waals surface area contributed by atoms with Crippen molar-refractivity contribution in [2.75, 3.05) is 52.3 Å². The molecule has 0 spiro atoms. The van der Waals surface area contributed by atoms with Gasteiger partial charge >= 0.3 is 13.7 Å².